The molecular formula is C9H16ClN3OS. The maximum atomic E-state index is 11.5. The van der Waals surface area contributed by atoms with Gasteiger partial charge in [-0.25, -0.2) is 4.98 Å². The fraction of sp³-hybridized carbons (Fsp3) is 0.556. The molecule has 15 heavy (non-hydrogen) atoms. The summed E-state index contributed by atoms with van der Waals surface area (Å²) < 4.78 is 0. The molecule has 0 aliphatic carbocycles. The van der Waals surface area contributed by atoms with E-state index in [9.17, 15) is 4.79 Å². The number of carbonyl (C=O) groups is 1. The van der Waals surface area contributed by atoms with Gasteiger partial charge in [0, 0.05) is 5.38 Å². The Balaban J connectivity index is 0.00000196. The molecule has 1 rings (SSSR count). The van der Waals surface area contributed by atoms with Crippen LogP contribution in [0.25, 0.3) is 0 Å². The topological polar surface area (TPSA) is 68.0 Å². The Hall–Kier alpha value is -0.650. The molecule has 1 aromatic heterocycles. The van der Waals surface area contributed by atoms with E-state index in [-0.39, 0.29) is 18.3 Å². The van der Waals surface area contributed by atoms with Crippen LogP contribution in [0.15, 0.2) is 5.38 Å². The van der Waals surface area contributed by atoms with E-state index in [1.807, 2.05) is 12.3 Å². The summed E-state index contributed by atoms with van der Waals surface area (Å²) >= 11 is 1.42. The zero-order chi connectivity index (χ0) is 10.8. The number of anilines is 1. The third-order valence-electron chi connectivity index (χ3n) is 1.72. The molecule has 0 fully saturated rings. The van der Waals surface area contributed by atoms with Crippen LogP contribution in [0.1, 0.15) is 26.5 Å². The van der Waals surface area contributed by atoms with E-state index in [0.29, 0.717) is 5.13 Å². The quantitative estimate of drug-likeness (QED) is 0.859. The monoisotopic (exact) mass is 249 g/mol. The standard InChI is InChI=1S/C9H15N3OS.ClH/c1-4-6-5-14-8(11-6)12-7(13)9(2,3)10;/h5H,4,10H2,1-3H3,(H,11,12,13);1H. The van der Waals surface area contributed by atoms with Crippen molar-refractivity contribution in [2.75, 3.05) is 5.32 Å². The Labute approximate surface area is 99.7 Å². The number of rotatable bonds is 3. The average molecular weight is 250 g/mol. The molecule has 3 N–H and O–H groups in total. The van der Waals surface area contributed by atoms with Gasteiger partial charge in [-0.15, -0.1) is 23.7 Å². The summed E-state index contributed by atoms with van der Waals surface area (Å²) in [5.41, 5.74) is 5.75. The van der Waals surface area contributed by atoms with Crippen LogP contribution >= 0.6 is 23.7 Å². The molecule has 0 saturated heterocycles. The molecule has 4 nitrogen and oxygen atoms in total. The Morgan fingerprint density at radius 2 is 2.27 bits per heavy atom. The van der Waals surface area contributed by atoms with Crippen molar-refractivity contribution < 1.29 is 4.79 Å². The minimum absolute atomic E-state index is 0. The highest BCUT2D eigenvalue weighted by atomic mass is 35.5. The first-order valence-corrected chi connectivity index (χ1v) is 5.36. The molecule has 0 bridgehead atoms. The first kappa shape index (κ1) is 14.3. The summed E-state index contributed by atoms with van der Waals surface area (Å²) in [7, 11) is 0. The number of halogens is 1. The number of carbonyl (C=O) groups excluding carboxylic acids is 1. The smallest absolute Gasteiger partial charge is 0.245 e. The fourth-order valence-electron chi connectivity index (χ4n) is 0.785. The van der Waals surface area contributed by atoms with Gasteiger partial charge in [0.05, 0.1) is 11.2 Å². The van der Waals surface area contributed by atoms with Crippen LogP contribution in [0, 0.1) is 0 Å². The highest BCUT2D eigenvalue weighted by Gasteiger charge is 2.22. The maximum Gasteiger partial charge on any atom is 0.245 e. The van der Waals surface area contributed by atoms with Gasteiger partial charge in [0.1, 0.15) is 0 Å². The Morgan fingerprint density at radius 1 is 1.67 bits per heavy atom. The Morgan fingerprint density at radius 3 is 2.67 bits per heavy atom. The SMILES string of the molecule is CCc1csc(NC(=O)C(C)(C)N)n1.Cl. The van der Waals surface area contributed by atoms with E-state index in [1.54, 1.807) is 13.8 Å². The highest BCUT2D eigenvalue weighted by Crippen LogP contribution is 2.16. The van der Waals surface area contributed by atoms with E-state index in [2.05, 4.69) is 10.3 Å². The van der Waals surface area contributed by atoms with Gasteiger partial charge in [0.2, 0.25) is 5.91 Å². The second-order valence-corrected chi connectivity index (χ2v) is 4.53. The minimum atomic E-state index is -0.863. The lowest BCUT2D eigenvalue weighted by molar-refractivity contribution is -0.120. The largest absolute Gasteiger partial charge is 0.318 e. The van der Waals surface area contributed by atoms with Crippen LogP contribution in [0.3, 0.4) is 0 Å². The van der Waals surface area contributed by atoms with Gasteiger partial charge in [-0.2, -0.15) is 0 Å². The summed E-state index contributed by atoms with van der Waals surface area (Å²) in [5, 5.41) is 5.23. The molecule has 0 aliphatic rings. The fourth-order valence-corrected chi connectivity index (χ4v) is 1.57. The summed E-state index contributed by atoms with van der Waals surface area (Å²) in [6, 6.07) is 0. The van der Waals surface area contributed by atoms with Gasteiger partial charge in [0.15, 0.2) is 5.13 Å². The van der Waals surface area contributed by atoms with Crippen molar-refractivity contribution in [2.45, 2.75) is 32.7 Å². The maximum absolute atomic E-state index is 11.5. The molecule has 0 saturated carbocycles. The van der Waals surface area contributed by atoms with Gasteiger partial charge in [0.25, 0.3) is 0 Å². The number of amides is 1. The van der Waals surface area contributed by atoms with E-state index in [1.165, 1.54) is 11.3 Å². The second-order valence-electron chi connectivity index (χ2n) is 3.67. The van der Waals surface area contributed by atoms with Crippen molar-refractivity contribution in [1.82, 2.24) is 4.98 Å². The first-order chi connectivity index (χ1) is 6.43. The lowest BCUT2D eigenvalue weighted by Gasteiger charge is -2.16. The van der Waals surface area contributed by atoms with Gasteiger partial charge < -0.3 is 11.1 Å². The number of aryl methyl sites for hydroxylation is 1. The number of thiazole rings is 1. The van der Waals surface area contributed by atoms with Gasteiger partial charge in [-0.05, 0) is 20.3 Å². The summed E-state index contributed by atoms with van der Waals surface area (Å²) in [6.07, 6.45) is 0.873. The number of nitrogens with two attached hydrogens (primary N) is 1. The lowest BCUT2D eigenvalue weighted by atomic mass is 10.1. The molecule has 86 valence electrons. The van der Waals surface area contributed by atoms with Gasteiger partial charge in [-0.3, -0.25) is 4.79 Å². The molecule has 1 heterocycles. The van der Waals surface area contributed by atoms with E-state index >= 15 is 0 Å². The van der Waals surface area contributed by atoms with Crippen molar-refractivity contribution in [3.8, 4) is 0 Å². The lowest BCUT2D eigenvalue weighted by Crippen LogP contribution is -2.45. The normalized spacial score (nSPS) is 10.7. The molecule has 0 radical (unpaired) electrons. The predicted octanol–water partition coefficient (Wildman–Crippen LogP) is 1.80. The van der Waals surface area contributed by atoms with Crippen LogP contribution in [0.2, 0.25) is 0 Å². The first-order valence-electron chi connectivity index (χ1n) is 4.48. The molecule has 0 atom stereocenters. The molecule has 1 amide bonds. The van der Waals surface area contributed by atoms with E-state index in [4.69, 9.17) is 5.73 Å². The van der Waals surface area contributed by atoms with E-state index < -0.39 is 5.54 Å². The third-order valence-corrected chi connectivity index (χ3v) is 2.53. The molecule has 6 heteroatoms. The predicted molar refractivity (Wildman–Crippen MR) is 65.6 cm³/mol. The van der Waals surface area contributed by atoms with Crippen LogP contribution in [-0.4, -0.2) is 16.4 Å². The van der Waals surface area contributed by atoms with Crippen LogP contribution in [0.4, 0.5) is 5.13 Å². The second kappa shape index (κ2) is 5.44. The molecule has 0 aliphatic heterocycles. The average Bonchev–Trinajstić information content (AvgIpc) is 2.50. The third kappa shape index (κ3) is 4.15. The van der Waals surface area contributed by atoms with Crippen LogP contribution < -0.4 is 11.1 Å². The Bertz CT molecular complexity index is 332. The molecule has 1 aromatic rings. The summed E-state index contributed by atoms with van der Waals surface area (Å²) in [6.45, 7) is 5.35. The zero-order valence-electron chi connectivity index (χ0n) is 9.03. The molecule has 0 aromatic carbocycles. The van der Waals surface area contributed by atoms with Crippen molar-refractivity contribution in [2.24, 2.45) is 5.73 Å². The van der Waals surface area contributed by atoms with E-state index in [0.717, 1.165) is 12.1 Å². The highest BCUT2D eigenvalue weighted by molar-refractivity contribution is 7.13. The molecule has 0 spiro atoms. The van der Waals surface area contributed by atoms with Gasteiger partial charge >= 0.3 is 0 Å². The summed E-state index contributed by atoms with van der Waals surface area (Å²) in [5.74, 6) is -0.213. The summed E-state index contributed by atoms with van der Waals surface area (Å²) in [4.78, 5) is 15.7. The Kier molecular flexibility index (Phi) is 5.20. The van der Waals surface area contributed by atoms with Crippen molar-refractivity contribution in [1.29, 1.82) is 0 Å². The molecule has 0 unspecified atom stereocenters. The van der Waals surface area contributed by atoms with Crippen LogP contribution in [-0.2, 0) is 11.2 Å². The number of aromatic nitrogens is 1. The van der Waals surface area contributed by atoms with Crippen molar-refractivity contribution in [3.63, 3.8) is 0 Å². The van der Waals surface area contributed by atoms with Crippen LogP contribution in [0.5, 0.6) is 0 Å². The number of hydrogen-bond donors (Lipinski definition) is 2. The zero-order valence-corrected chi connectivity index (χ0v) is 10.7. The minimum Gasteiger partial charge on any atom is -0.318 e. The number of nitrogens with one attached hydrogen (secondary N) is 1. The molecular weight excluding hydrogens is 234 g/mol. The van der Waals surface area contributed by atoms with Crippen molar-refractivity contribution >= 4 is 34.8 Å². The number of nitrogens with zero attached hydrogens (tertiary/aromatic N) is 1. The van der Waals surface area contributed by atoms with Gasteiger partial charge in [-0.1, -0.05) is 6.92 Å². The van der Waals surface area contributed by atoms with Crippen molar-refractivity contribution in [3.05, 3.63) is 11.1 Å². The number of hydrogen-bond acceptors (Lipinski definition) is 4.